The van der Waals surface area contributed by atoms with Gasteiger partial charge in [-0.1, -0.05) is 24.3 Å². The number of anilines is 2. The predicted molar refractivity (Wildman–Crippen MR) is 142 cm³/mol. The average Bonchev–Trinajstić information content (AvgIpc) is 3.38. The molecule has 3 aliphatic heterocycles. The highest BCUT2D eigenvalue weighted by Crippen LogP contribution is 2.35. The fourth-order valence-electron chi connectivity index (χ4n) is 5.04. The summed E-state index contributed by atoms with van der Waals surface area (Å²) >= 11 is 1.36. The smallest absolute Gasteiger partial charge is 0.350 e. The molecule has 0 amide bonds. The number of benzene rings is 1. The molecule has 5 heterocycles. The minimum atomic E-state index is -0.312. The maximum atomic E-state index is 12.4. The number of methoxy groups -OCH3 is 1. The molecule has 1 N–H and O–H groups in total. The minimum Gasteiger partial charge on any atom is -0.465 e. The Labute approximate surface area is 220 Å². The lowest BCUT2D eigenvalue weighted by Gasteiger charge is -2.51. The summed E-state index contributed by atoms with van der Waals surface area (Å²) in [6.45, 7) is 4.69. The maximum Gasteiger partial charge on any atom is 0.350 e. The molecule has 3 aliphatic rings. The van der Waals surface area contributed by atoms with Gasteiger partial charge in [0, 0.05) is 37.6 Å². The Balaban J connectivity index is 0.000000180. The van der Waals surface area contributed by atoms with Gasteiger partial charge in [-0.15, -0.1) is 11.3 Å². The SMILES string of the molecule is CC(=O)O[C@H]1C[N+]2(CC(=O)c3ccccn3)CCC1CC2.COC(=O)c1sccc1Nc1ccccc1. The van der Waals surface area contributed by atoms with E-state index < -0.39 is 0 Å². The maximum absolute atomic E-state index is 12.4. The summed E-state index contributed by atoms with van der Waals surface area (Å²) in [5.41, 5.74) is 2.26. The number of rotatable bonds is 7. The number of fused-ring (bicyclic) bond motifs is 3. The summed E-state index contributed by atoms with van der Waals surface area (Å²) in [5.74, 6) is 0.0211. The highest BCUT2D eigenvalue weighted by atomic mass is 32.1. The number of hydrogen-bond acceptors (Lipinski definition) is 8. The van der Waals surface area contributed by atoms with Crippen LogP contribution >= 0.6 is 11.3 Å². The number of quaternary nitrogens is 1. The highest BCUT2D eigenvalue weighted by molar-refractivity contribution is 7.12. The minimum absolute atomic E-state index is 0.0264. The van der Waals surface area contributed by atoms with Crippen LogP contribution in [0, 0.1) is 5.92 Å². The van der Waals surface area contributed by atoms with Gasteiger partial charge in [0.05, 0.1) is 25.9 Å². The summed E-state index contributed by atoms with van der Waals surface area (Å²) in [5, 5.41) is 5.04. The monoisotopic (exact) mass is 522 g/mol. The Bertz CT molecular complexity index is 1210. The van der Waals surface area contributed by atoms with Crippen molar-refractivity contribution in [2.45, 2.75) is 25.9 Å². The molecule has 2 aromatic heterocycles. The van der Waals surface area contributed by atoms with E-state index in [0.29, 0.717) is 23.0 Å². The standard InChI is InChI=1S/C16H21N2O3.C12H11NO2S/c1-12(19)21-16-11-18(8-5-13(16)6-9-18)10-15(20)14-4-2-3-7-17-14;1-15-12(14)11-10(7-8-16-11)13-9-5-3-2-4-6-9/h2-4,7,13,16H,5-6,8-11H2,1H3;2-8,13H,1H3/q+1;/t13?,16-,18?;/m0./s1. The number of ether oxygens (including phenoxy) is 2. The molecule has 3 aromatic rings. The van der Waals surface area contributed by atoms with E-state index in [0.717, 1.165) is 48.3 Å². The molecular formula is C28H32N3O5S+. The first kappa shape index (κ1) is 26.5. The Morgan fingerprint density at radius 3 is 2.43 bits per heavy atom. The van der Waals surface area contributed by atoms with Gasteiger partial charge in [-0.25, -0.2) is 4.79 Å². The molecule has 0 saturated carbocycles. The number of ketones is 1. The quantitative estimate of drug-likeness (QED) is 0.273. The first-order chi connectivity index (χ1) is 17.9. The van der Waals surface area contributed by atoms with E-state index in [1.807, 2.05) is 53.9 Å². The van der Waals surface area contributed by atoms with Gasteiger partial charge in [0.1, 0.15) is 23.7 Å². The number of Topliss-reactive ketones (excluding diaryl/α,β-unsaturated/α-hetero) is 1. The average molecular weight is 523 g/mol. The third kappa shape index (κ3) is 6.81. The lowest BCUT2D eigenvalue weighted by atomic mass is 9.83. The largest absolute Gasteiger partial charge is 0.465 e. The van der Waals surface area contributed by atoms with Crippen LogP contribution in [-0.4, -0.2) is 66.6 Å². The van der Waals surface area contributed by atoms with Gasteiger partial charge in [0.15, 0.2) is 6.10 Å². The Kier molecular flexibility index (Phi) is 8.68. The van der Waals surface area contributed by atoms with Crippen molar-refractivity contribution in [2.75, 3.05) is 38.6 Å². The molecule has 0 spiro atoms. The molecule has 194 valence electrons. The summed E-state index contributed by atoms with van der Waals surface area (Å²) in [6.07, 6.45) is 3.69. The summed E-state index contributed by atoms with van der Waals surface area (Å²) < 4.78 is 10.9. The number of hydrogen-bond donors (Lipinski definition) is 1. The number of carbonyl (C=O) groups is 3. The lowest BCUT2D eigenvalue weighted by molar-refractivity contribution is -0.938. The molecule has 0 radical (unpaired) electrons. The van der Waals surface area contributed by atoms with Crippen LogP contribution in [0.3, 0.4) is 0 Å². The van der Waals surface area contributed by atoms with Crippen LogP contribution in [0.25, 0.3) is 0 Å². The van der Waals surface area contributed by atoms with Gasteiger partial charge in [-0.05, 0) is 35.7 Å². The fourth-order valence-corrected chi connectivity index (χ4v) is 5.80. The van der Waals surface area contributed by atoms with Crippen molar-refractivity contribution in [3.63, 3.8) is 0 Å². The molecule has 6 rings (SSSR count). The lowest BCUT2D eigenvalue weighted by Crippen LogP contribution is -2.65. The van der Waals surface area contributed by atoms with E-state index in [9.17, 15) is 14.4 Å². The molecule has 37 heavy (non-hydrogen) atoms. The van der Waals surface area contributed by atoms with Crippen molar-refractivity contribution in [3.05, 3.63) is 76.7 Å². The first-order valence-corrected chi connectivity index (χ1v) is 13.2. The molecule has 1 aromatic carbocycles. The highest BCUT2D eigenvalue weighted by Gasteiger charge is 2.48. The van der Waals surface area contributed by atoms with Gasteiger partial charge in [0.2, 0.25) is 5.78 Å². The van der Waals surface area contributed by atoms with E-state index in [1.54, 1.807) is 12.3 Å². The second kappa shape index (κ2) is 12.1. The number of pyridine rings is 1. The van der Waals surface area contributed by atoms with Crippen molar-refractivity contribution < 1.29 is 28.3 Å². The first-order valence-electron chi connectivity index (χ1n) is 12.3. The van der Waals surface area contributed by atoms with Crippen molar-refractivity contribution in [2.24, 2.45) is 5.92 Å². The van der Waals surface area contributed by atoms with Crippen LogP contribution in [0.1, 0.15) is 39.9 Å². The third-order valence-corrected chi connectivity index (χ3v) is 7.77. The van der Waals surface area contributed by atoms with Gasteiger partial charge < -0.3 is 19.3 Å². The van der Waals surface area contributed by atoms with Crippen molar-refractivity contribution in [3.8, 4) is 0 Å². The van der Waals surface area contributed by atoms with Crippen molar-refractivity contribution >= 4 is 40.4 Å². The Hall–Kier alpha value is -3.56. The van der Waals surface area contributed by atoms with E-state index in [2.05, 4.69) is 10.3 Å². The molecule has 8 nitrogen and oxygen atoms in total. The van der Waals surface area contributed by atoms with Gasteiger partial charge in [0.25, 0.3) is 0 Å². The number of esters is 2. The number of piperidine rings is 3. The van der Waals surface area contributed by atoms with Crippen molar-refractivity contribution in [1.82, 2.24) is 4.98 Å². The zero-order chi connectivity index (χ0) is 26.3. The second-order valence-corrected chi connectivity index (χ2v) is 10.3. The van der Waals surface area contributed by atoms with Crippen LogP contribution in [0.5, 0.6) is 0 Å². The zero-order valence-electron chi connectivity index (χ0n) is 21.1. The number of carbonyl (C=O) groups excluding carboxylic acids is 3. The topological polar surface area (TPSA) is 94.6 Å². The normalized spacial score (nSPS) is 21.8. The molecule has 9 heteroatoms. The number of aromatic nitrogens is 1. The summed E-state index contributed by atoms with van der Waals surface area (Å²) in [7, 11) is 1.38. The van der Waals surface area contributed by atoms with Gasteiger partial charge in [-0.3, -0.25) is 14.6 Å². The summed E-state index contributed by atoms with van der Waals surface area (Å²) in [6, 6.07) is 17.0. The fraction of sp³-hybridized carbons (Fsp3) is 0.357. The van der Waals surface area contributed by atoms with Gasteiger partial charge in [-0.2, -0.15) is 0 Å². The van der Waals surface area contributed by atoms with E-state index in [-0.39, 0.29) is 23.8 Å². The van der Waals surface area contributed by atoms with Crippen molar-refractivity contribution in [1.29, 1.82) is 0 Å². The second-order valence-electron chi connectivity index (χ2n) is 9.40. The Morgan fingerprint density at radius 1 is 1.05 bits per heavy atom. The molecule has 1 atom stereocenters. The van der Waals surface area contributed by atoms with E-state index in [1.165, 1.54) is 25.4 Å². The molecule has 0 aliphatic carbocycles. The Morgan fingerprint density at radius 2 is 1.78 bits per heavy atom. The predicted octanol–water partition coefficient (Wildman–Crippen LogP) is 4.71. The van der Waals surface area contributed by atoms with E-state index >= 15 is 0 Å². The number of nitrogens with zero attached hydrogens (tertiary/aromatic N) is 2. The molecule has 3 saturated heterocycles. The van der Waals surface area contributed by atoms with Crippen LogP contribution in [0.15, 0.2) is 66.2 Å². The molecule has 3 fully saturated rings. The number of para-hydroxylation sites is 1. The van der Waals surface area contributed by atoms with Crippen LogP contribution in [0.2, 0.25) is 0 Å². The van der Waals surface area contributed by atoms with Crippen LogP contribution in [-0.2, 0) is 14.3 Å². The molecule has 0 unspecified atom stereocenters. The zero-order valence-corrected chi connectivity index (χ0v) is 21.9. The molecular weight excluding hydrogens is 490 g/mol. The van der Waals surface area contributed by atoms with Gasteiger partial charge >= 0.3 is 11.9 Å². The van der Waals surface area contributed by atoms with E-state index in [4.69, 9.17) is 9.47 Å². The molecule has 2 bridgehead atoms. The summed E-state index contributed by atoms with van der Waals surface area (Å²) in [4.78, 5) is 39.8. The number of thiophene rings is 1. The third-order valence-electron chi connectivity index (χ3n) is 6.88. The van der Waals surface area contributed by atoms with Crippen LogP contribution in [0.4, 0.5) is 11.4 Å². The van der Waals surface area contributed by atoms with Crippen LogP contribution < -0.4 is 5.32 Å². The number of nitrogens with one attached hydrogen (secondary N) is 1.